The van der Waals surface area contributed by atoms with Crippen LogP contribution in [0.2, 0.25) is 5.02 Å². The Bertz CT molecular complexity index is 1070. The lowest BCUT2D eigenvalue weighted by Crippen LogP contribution is -2.40. The molecule has 31 heavy (non-hydrogen) atoms. The van der Waals surface area contributed by atoms with Crippen LogP contribution in [0, 0.1) is 12.8 Å². The molecule has 0 aromatic heterocycles. The molecule has 0 saturated carbocycles. The van der Waals surface area contributed by atoms with E-state index in [4.69, 9.17) is 16.3 Å². The average molecular weight is 441 g/mol. The number of ether oxygens (including phenoxy) is 1. The Kier molecular flexibility index (Phi) is 5.78. The molecule has 0 N–H and O–H groups in total. The lowest BCUT2D eigenvalue weighted by Gasteiger charge is -2.25. The van der Waals surface area contributed by atoms with Crippen LogP contribution in [0.1, 0.15) is 31.2 Å². The molecular weight excluding hydrogens is 420 g/mol. The van der Waals surface area contributed by atoms with E-state index in [2.05, 4.69) is 0 Å². The lowest BCUT2D eigenvalue weighted by molar-refractivity contribution is -0.139. The highest BCUT2D eigenvalue weighted by Gasteiger charge is 2.37. The summed E-state index contributed by atoms with van der Waals surface area (Å²) in [6.45, 7) is 2.02. The summed E-state index contributed by atoms with van der Waals surface area (Å²) in [5.74, 6) is -1.66. The molecule has 1 atom stereocenters. The van der Waals surface area contributed by atoms with Crippen LogP contribution in [0.5, 0.6) is 5.75 Å². The van der Waals surface area contributed by atoms with Crippen LogP contribution < -0.4 is 14.5 Å². The van der Waals surface area contributed by atoms with Crippen LogP contribution in [-0.2, 0) is 19.2 Å². The molecule has 2 aliphatic heterocycles. The first kappa shape index (κ1) is 21.1. The molecule has 2 aliphatic rings. The molecule has 8 heteroatoms. The van der Waals surface area contributed by atoms with Gasteiger partial charge in [0, 0.05) is 42.6 Å². The van der Waals surface area contributed by atoms with Gasteiger partial charge in [0.2, 0.25) is 17.7 Å². The third-order valence-electron chi connectivity index (χ3n) is 5.56. The Balaban J connectivity index is 1.48. The molecule has 0 radical (unpaired) electrons. The average Bonchev–Trinajstić information content (AvgIpc) is 3.12. The summed E-state index contributed by atoms with van der Waals surface area (Å²) in [5.41, 5.74) is 1.82. The summed E-state index contributed by atoms with van der Waals surface area (Å²) in [4.78, 5) is 52.2. The minimum absolute atomic E-state index is 0.0353. The first-order valence-corrected chi connectivity index (χ1v) is 10.5. The zero-order chi connectivity index (χ0) is 22.1. The monoisotopic (exact) mass is 440 g/mol. The number of rotatable bonds is 4. The first-order chi connectivity index (χ1) is 14.8. The second-order valence-corrected chi connectivity index (χ2v) is 8.09. The highest BCUT2D eigenvalue weighted by molar-refractivity contribution is 6.31. The molecule has 7 nitrogen and oxygen atoms in total. The van der Waals surface area contributed by atoms with Gasteiger partial charge in [0.1, 0.15) is 5.75 Å². The number of esters is 1. The number of piperidine rings is 1. The minimum atomic E-state index is -0.632. The Labute approximate surface area is 184 Å². The highest BCUT2D eigenvalue weighted by atomic mass is 35.5. The number of nitrogens with zero attached hydrogens (tertiary/aromatic N) is 2. The number of hydrogen-bond acceptors (Lipinski definition) is 5. The van der Waals surface area contributed by atoms with E-state index in [1.165, 1.54) is 6.07 Å². The maximum absolute atomic E-state index is 12.7. The van der Waals surface area contributed by atoms with Crippen LogP contribution in [0.15, 0.2) is 42.5 Å². The van der Waals surface area contributed by atoms with Gasteiger partial charge < -0.3 is 9.64 Å². The van der Waals surface area contributed by atoms with Crippen molar-refractivity contribution in [1.29, 1.82) is 0 Å². The molecule has 160 valence electrons. The fourth-order valence-corrected chi connectivity index (χ4v) is 4.08. The van der Waals surface area contributed by atoms with Crippen molar-refractivity contribution in [2.75, 3.05) is 16.3 Å². The molecular formula is C23H21ClN2O5. The molecule has 4 rings (SSSR count). The molecule has 2 aromatic carbocycles. The normalized spacial score (nSPS) is 19.2. The lowest BCUT2D eigenvalue weighted by atomic mass is 10.1. The van der Waals surface area contributed by atoms with Crippen molar-refractivity contribution < 1.29 is 23.9 Å². The van der Waals surface area contributed by atoms with E-state index in [1.807, 2.05) is 6.92 Å². The van der Waals surface area contributed by atoms with Crippen LogP contribution >= 0.6 is 11.6 Å². The van der Waals surface area contributed by atoms with Gasteiger partial charge in [0.15, 0.2) is 0 Å². The number of carbonyl (C=O) groups is 4. The predicted molar refractivity (Wildman–Crippen MR) is 115 cm³/mol. The van der Waals surface area contributed by atoms with Gasteiger partial charge in [-0.2, -0.15) is 0 Å². The molecule has 2 heterocycles. The van der Waals surface area contributed by atoms with Crippen molar-refractivity contribution in [1.82, 2.24) is 0 Å². The van der Waals surface area contributed by atoms with Crippen molar-refractivity contribution in [3.05, 3.63) is 53.1 Å². The number of anilines is 2. The molecule has 0 aliphatic carbocycles. The maximum Gasteiger partial charge on any atom is 0.316 e. The van der Waals surface area contributed by atoms with Crippen LogP contribution in [0.4, 0.5) is 11.4 Å². The van der Waals surface area contributed by atoms with Crippen molar-refractivity contribution in [3.63, 3.8) is 0 Å². The quantitative estimate of drug-likeness (QED) is 0.411. The highest BCUT2D eigenvalue weighted by Crippen LogP contribution is 2.32. The Morgan fingerprint density at radius 1 is 1.03 bits per heavy atom. The van der Waals surface area contributed by atoms with Crippen LogP contribution in [0.25, 0.3) is 0 Å². The standard InChI is InChI=1S/C23H21ClN2O5/c1-14-18(24)7-3-8-19(14)25-13-15(11-22(25)29)23(30)31-17-6-2-5-16(12-17)26-20(27)9-4-10-21(26)28/h2-3,5-8,12,15H,4,9-11,13H2,1H3/t15-/m1/s1. The number of hydrogen-bond donors (Lipinski definition) is 0. The summed E-state index contributed by atoms with van der Waals surface area (Å²) >= 11 is 6.16. The topological polar surface area (TPSA) is 84.0 Å². The number of imide groups is 1. The fourth-order valence-electron chi connectivity index (χ4n) is 3.91. The molecule has 0 bridgehead atoms. The number of amides is 3. The van der Waals surface area contributed by atoms with Gasteiger partial charge >= 0.3 is 5.97 Å². The van der Waals surface area contributed by atoms with E-state index < -0.39 is 11.9 Å². The second kappa shape index (κ2) is 8.51. The summed E-state index contributed by atoms with van der Waals surface area (Å²) in [6, 6.07) is 11.6. The fraction of sp³-hybridized carbons (Fsp3) is 0.304. The molecule has 0 unspecified atom stereocenters. The van der Waals surface area contributed by atoms with Gasteiger partial charge in [-0.3, -0.25) is 24.1 Å². The van der Waals surface area contributed by atoms with E-state index in [0.717, 1.165) is 10.5 Å². The zero-order valence-corrected chi connectivity index (χ0v) is 17.7. The predicted octanol–water partition coefficient (Wildman–Crippen LogP) is 3.65. The van der Waals surface area contributed by atoms with Gasteiger partial charge in [-0.15, -0.1) is 0 Å². The second-order valence-electron chi connectivity index (χ2n) is 7.68. The van der Waals surface area contributed by atoms with E-state index >= 15 is 0 Å². The zero-order valence-electron chi connectivity index (χ0n) is 17.0. The van der Waals surface area contributed by atoms with Crippen molar-refractivity contribution >= 4 is 46.7 Å². The van der Waals surface area contributed by atoms with Crippen LogP contribution in [-0.4, -0.2) is 30.2 Å². The van der Waals surface area contributed by atoms with Crippen molar-refractivity contribution in [2.24, 2.45) is 5.92 Å². The molecule has 3 amide bonds. The van der Waals surface area contributed by atoms with E-state index in [0.29, 0.717) is 35.7 Å². The Hall–Kier alpha value is -3.19. The molecule has 2 fully saturated rings. The molecule has 0 spiro atoms. The van der Waals surface area contributed by atoms with E-state index in [9.17, 15) is 19.2 Å². The molecule has 2 saturated heterocycles. The maximum atomic E-state index is 12.7. The third-order valence-corrected chi connectivity index (χ3v) is 5.97. The number of halogens is 1. The SMILES string of the molecule is Cc1c(Cl)cccc1N1C[C@H](C(=O)Oc2cccc(N3C(=O)CCCC3=O)c2)CC1=O. The summed E-state index contributed by atoms with van der Waals surface area (Å²) in [6.07, 6.45) is 1.19. The third kappa shape index (κ3) is 4.18. The van der Waals surface area contributed by atoms with Crippen molar-refractivity contribution in [3.8, 4) is 5.75 Å². The molecule has 2 aromatic rings. The van der Waals surface area contributed by atoms with E-state index in [-0.39, 0.29) is 36.4 Å². The largest absolute Gasteiger partial charge is 0.426 e. The Morgan fingerprint density at radius 3 is 2.48 bits per heavy atom. The van der Waals surface area contributed by atoms with Crippen molar-refractivity contribution in [2.45, 2.75) is 32.6 Å². The first-order valence-electron chi connectivity index (χ1n) is 10.1. The number of benzene rings is 2. The smallest absolute Gasteiger partial charge is 0.316 e. The number of carbonyl (C=O) groups excluding carboxylic acids is 4. The summed E-state index contributed by atoms with van der Waals surface area (Å²) in [5, 5.41) is 0.551. The van der Waals surface area contributed by atoms with Crippen LogP contribution in [0.3, 0.4) is 0 Å². The van der Waals surface area contributed by atoms with E-state index in [1.54, 1.807) is 41.3 Å². The van der Waals surface area contributed by atoms with Gasteiger partial charge in [-0.25, -0.2) is 0 Å². The Morgan fingerprint density at radius 2 is 1.74 bits per heavy atom. The summed E-state index contributed by atoms with van der Waals surface area (Å²) in [7, 11) is 0. The van der Waals surface area contributed by atoms with Gasteiger partial charge in [0.25, 0.3) is 0 Å². The van der Waals surface area contributed by atoms with Gasteiger partial charge in [-0.05, 0) is 43.2 Å². The summed E-state index contributed by atoms with van der Waals surface area (Å²) < 4.78 is 5.49. The van der Waals surface area contributed by atoms with Gasteiger partial charge in [-0.1, -0.05) is 23.7 Å². The van der Waals surface area contributed by atoms with Gasteiger partial charge in [0.05, 0.1) is 11.6 Å². The minimum Gasteiger partial charge on any atom is -0.426 e.